The average molecular weight is 309 g/mol. The van der Waals surface area contributed by atoms with Crippen LogP contribution in [0.2, 0.25) is 0 Å². The van der Waals surface area contributed by atoms with E-state index in [0.29, 0.717) is 0 Å². The molecule has 1 unspecified atom stereocenters. The van der Waals surface area contributed by atoms with Crippen molar-refractivity contribution >= 4 is 27.9 Å². The van der Waals surface area contributed by atoms with E-state index in [0.717, 1.165) is 11.8 Å². The summed E-state index contributed by atoms with van der Waals surface area (Å²) in [5, 5.41) is 0. The summed E-state index contributed by atoms with van der Waals surface area (Å²) in [7, 11) is 0. The molecule has 7 heteroatoms. The number of hydrogen-bond donors (Lipinski definition) is 0. The summed E-state index contributed by atoms with van der Waals surface area (Å²) < 4.78 is 36.0. The van der Waals surface area contributed by atoms with Gasteiger partial charge in [-0.05, 0) is 17.7 Å². The van der Waals surface area contributed by atoms with Crippen molar-refractivity contribution in [3.8, 4) is 0 Å². The van der Waals surface area contributed by atoms with Gasteiger partial charge in [0, 0.05) is 18.6 Å². The van der Waals surface area contributed by atoms with Crippen LogP contribution in [0.5, 0.6) is 0 Å². The van der Waals surface area contributed by atoms with Gasteiger partial charge in [0.1, 0.15) is 4.83 Å². The number of nitrogens with zero attached hydrogens (tertiary/aromatic N) is 2. The molecule has 0 N–H and O–H groups in total. The first-order chi connectivity index (χ1) is 7.91. The highest BCUT2D eigenvalue weighted by atomic mass is 79.9. The lowest BCUT2D eigenvalue weighted by Gasteiger charge is -2.06. The van der Waals surface area contributed by atoms with Gasteiger partial charge in [-0.3, -0.25) is 14.8 Å². The van der Waals surface area contributed by atoms with E-state index in [-0.39, 0.29) is 6.54 Å². The third kappa shape index (κ3) is 4.64. The molecule has 0 fully saturated rings. The average Bonchev–Trinajstić information content (AvgIpc) is 2.28. The molecule has 0 saturated carbocycles. The molecule has 0 amide bonds. The Balaban J connectivity index is 2.52. The van der Waals surface area contributed by atoms with Crippen molar-refractivity contribution in [3.05, 3.63) is 30.1 Å². The van der Waals surface area contributed by atoms with Crippen molar-refractivity contribution < 1.29 is 18.0 Å². The highest BCUT2D eigenvalue weighted by Gasteiger charge is 2.41. The first kappa shape index (κ1) is 13.8. The number of Topliss-reactive ketones (excluding diaryl/α,β-unsaturated/α-hetero) is 1. The van der Waals surface area contributed by atoms with Crippen LogP contribution >= 0.6 is 15.9 Å². The molecule has 0 aliphatic rings. The van der Waals surface area contributed by atoms with Gasteiger partial charge < -0.3 is 0 Å². The Bertz CT molecular complexity index is 406. The zero-order valence-electron chi connectivity index (χ0n) is 8.49. The summed E-state index contributed by atoms with van der Waals surface area (Å²) in [4.78, 5) is 16.8. The molecule has 92 valence electrons. The maximum Gasteiger partial charge on any atom is 0.451 e. The Morgan fingerprint density at radius 3 is 2.59 bits per heavy atom. The fourth-order valence-corrected chi connectivity index (χ4v) is 1.39. The lowest BCUT2D eigenvalue weighted by atomic mass is 10.2. The van der Waals surface area contributed by atoms with Crippen LogP contribution in [0.15, 0.2) is 29.5 Å². The number of aliphatic imine (C=N–C) groups is 1. The standard InChI is InChI=1S/C10H8BrF3N2O/c11-8(9(17)10(12,13)14)6-16-5-7-1-3-15-4-2-7/h1-4,6,8H,5H2. The second-order valence-electron chi connectivity index (χ2n) is 3.11. The van der Waals surface area contributed by atoms with Gasteiger partial charge in [0.15, 0.2) is 0 Å². The summed E-state index contributed by atoms with van der Waals surface area (Å²) in [6.07, 6.45) is -0.804. The smallest absolute Gasteiger partial charge is 0.291 e. The van der Waals surface area contributed by atoms with E-state index in [9.17, 15) is 18.0 Å². The van der Waals surface area contributed by atoms with E-state index in [4.69, 9.17) is 0 Å². The minimum Gasteiger partial charge on any atom is -0.291 e. The molecule has 0 saturated heterocycles. The normalized spacial score (nSPS) is 13.9. The molecule has 0 aliphatic carbocycles. The van der Waals surface area contributed by atoms with Gasteiger partial charge in [0.2, 0.25) is 0 Å². The minimum atomic E-state index is -4.85. The van der Waals surface area contributed by atoms with E-state index < -0.39 is 16.8 Å². The molecule has 1 atom stereocenters. The lowest BCUT2D eigenvalue weighted by Crippen LogP contribution is -2.31. The van der Waals surface area contributed by atoms with Gasteiger partial charge in [-0.2, -0.15) is 13.2 Å². The second-order valence-corrected chi connectivity index (χ2v) is 4.10. The third-order valence-electron chi connectivity index (χ3n) is 1.79. The molecule has 17 heavy (non-hydrogen) atoms. The molecule has 1 aromatic rings. The molecule has 0 spiro atoms. The van der Waals surface area contributed by atoms with Crippen LogP contribution in [-0.4, -0.2) is 28.0 Å². The zero-order chi connectivity index (χ0) is 12.9. The molecule has 0 aromatic carbocycles. The number of pyridine rings is 1. The first-order valence-corrected chi connectivity index (χ1v) is 5.47. The van der Waals surface area contributed by atoms with Crippen LogP contribution in [0, 0.1) is 0 Å². The number of halogens is 4. The lowest BCUT2D eigenvalue weighted by molar-refractivity contribution is -0.168. The van der Waals surface area contributed by atoms with Gasteiger partial charge in [0.05, 0.1) is 6.54 Å². The first-order valence-electron chi connectivity index (χ1n) is 4.55. The van der Waals surface area contributed by atoms with Crippen LogP contribution in [0.3, 0.4) is 0 Å². The molecule has 0 aliphatic heterocycles. The predicted molar refractivity (Wildman–Crippen MR) is 60.2 cm³/mol. The number of hydrogen-bond acceptors (Lipinski definition) is 3. The number of carbonyl (C=O) groups is 1. The van der Waals surface area contributed by atoms with Crippen molar-refractivity contribution in [3.63, 3.8) is 0 Å². The highest BCUT2D eigenvalue weighted by molar-refractivity contribution is 9.10. The largest absolute Gasteiger partial charge is 0.451 e. The molecule has 0 radical (unpaired) electrons. The van der Waals surface area contributed by atoms with E-state index in [1.54, 1.807) is 24.5 Å². The topological polar surface area (TPSA) is 42.3 Å². The molecule has 1 heterocycles. The van der Waals surface area contributed by atoms with Crippen molar-refractivity contribution in [2.75, 3.05) is 0 Å². The Kier molecular flexibility index (Phi) is 4.80. The highest BCUT2D eigenvalue weighted by Crippen LogP contribution is 2.20. The molecular formula is C10H8BrF3N2O. The van der Waals surface area contributed by atoms with Crippen molar-refractivity contribution in [1.82, 2.24) is 4.98 Å². The number of aromatic nitrogens is 1. The van der Waals surface area contributed by atoms with Crippen LogP contribution in [0.25, 0.3) is 0 Å². The van der Waals surface area contributed by atoms with Crippen LogP contribution < -0.4 is 0 Å². The van der Waals surface area contributed by atoms with Crippen LogP contribution in [-0.2, 0) is 11.3 Å². The molecule has 1 aromatic heterocycles. The van der Waals surface area contributed by atoms with Gasteiger partial charge in [-0.25, -0.2) is 0 Å². The zero-order valence-corrected chi connectivity index (χ0v) is 10.1. The quantitative estimate of drug-likeness (QED) is 0.633. The van der Waals surface area contributed by atoms with Crippen molar-refractivity contribution in [2.24, 2.45) is 4.99 Å². The van der Waals surface area contributed by atoms with Crippen LogP contribution in [0.1, 0.15) is 5.56 Å². The second kappa shape index (κ2) is 5.90. The van der Waals surface area contributed by atoms with E-state index >= 15 is 0 Å². The van der Waals surface area contributed by atoms with Gasteiger partial charge in [-0.1, -0.05) is 15.9 Å². The SMILES string of the molecule is O=C(C(Br)C=NCc1ccncc1)C(F)(F)F. The molecule has 0 bridgehead atoms. The monoisotopic (exact) mass is 308 g/mol. The van der Waals surface area contributed by atoms with Crippen molar-refractivity contribution in [1.29, 1.82) is 0 Å². The summed E-state index contributed by atoms with van der Waals surface area (Å²) >= 11 is 2.62. The number of carbonyl (C=O) groups excluding carboxylic acids is 1. The predicted octanol–water partition coefficient (Wildman–Crippen LogP) is 2.55. The number of ketones is 1. The molecular weight excluding hydrogens is 301 g/mol. The minimum absolute atomic E-state index is 0.204. The summed E-state index contributed by atoms with van der Waals surface area (Å²) in [6.45, 7) is 0.204. The Hall–Kier alpha value is -1.24. The van der Waals surface area contributed by atoms with E-state index in [1.807, 2.05) is 0 Å². The fraction of sp³-hybridized carbons (Fsp3) is 0.300. The number of alkyl halides is 4. The Morgan fingerprint density at radius 1 is 1.47 bits per heavy atom. The van der Waals surface area contributed by atoms with E-state index in [2.05, 4.69) is 25.9 Å². The summed E-state index contributed by atoms with van der Waals surface area (Å²) in [5.41, 5.74) is 0.801. The third-order valence-corrected chi connectivity index (χ3v) is 2.44. The maximum atomic E-state index is 12.0. The number of rotatable bonds is 4. The van der Waals surface area contributed by atoms with Crippen molar-refractivity contribution in [2.45, 2.75) is 17.5 Å². The van der Waals surface area contributed by atoms with Gasteiger partial charge >= 0.3 is 6.18 Å². The Labute approximate surface area is 104 Å². The maximum absolute atomic E-state index is 12.0. The van der Waals surface area contributed by atoms with Crippen LogP contribution in [0.4, 0.5) is 13.2 Å². The molecule has 3 nitrogen and oxygen atoms in total. The Morgan fingerprint density at radius 2 is 2.06 bits per heavy atom. The summed E-state index contributed by atoms with van der Waals surface area (Å²) in [6, 6.07) is 3.37. The van der Waals surface area contributed by atoms with Gasteiger partial charge in [0.25, 0.3) is 5.78 Å². The summed E-state index contributed by atoms with van der Waals surface area (Å²) in [5.74, 6) is -1.86. The van der Waals surface area contributed by atoms with E-state index in [1.165, 1.54) is 0 Å². The fourth-order valence-electron chi connectivity index (χ4n) is 0.963. The molecule has 1 rings (SSSR count). The van der Waals surface area contributed by atoms with Gasteiger partial charge in [-0.15, -0.1) is 0 Å².